The van der Waals surface area contributed by atoms with Gasteiger partial charge in [0.1, 0.15) is 24.1 Å². The molecule has 3 rings (SSSR count). The highest BCUT2D eigenvalue weighted by Gasteiger charge is 2.47. The largest absolute Gasteiger partial charge is 0.418 e. The van der Waals surface area contributed by atoms with E-state index < -0.39 is 60.3 Å². The first kappa shape index (κ1) is 23.4. The number of aliphatic hydroxyl groups excluding tert-OH is 2. The van der Waals surface area contributed by atoms with Gasteiger partial charge in [0.2, 0.25) is 0 Å². The van der Waals surface area contributed by atoms with Crippen molar-refractivity contribution in [2.75, 3.05) is 13.7 Å². The first-order valence-electron chi connectivity index (χ1n) is 8.76. The van der Waals surface area contributed by atoms with E-state index in [9.17, 15) is 27.8 Å². The molecular weight excluding hydrogens is 494 g/mol. The lowest BCUT2D eigenvalue weighted by Crippen LogP contribution is -2.55. The summed E-state index contributed by atoms with van der Waals surface area (Å²) in [5.41, 5.74) is 7.11. The molecule has 2 unspecified atom stereocenters. The van der Waals surface area contributed by atoms with Crippen LogP contribution in [-0.4, -0.2) is 58.1 Å². The lowest BCUT2D eigenvalue weighted by Gasteiger charge is -2.42. The third-order valence-electron chi connectivity index (χ3n) is 4.86. The molecule has 1 saturated heterocycles. The Bertz CT molecular complexity index is 997. The fraction of sp³-hybridized carbons (Fsp3) is 0.471. The molecule has 9 nitrogen and oxygen atoms in total. The molecule has 2 aromatic rings. The quantitative estimate of drug-likeness (QED) is 0.277. The maximum atomic E-state index is 13.9. The molecule has 2 heterocycles. The second kappa shape index (κ2) is 9.10. The summed E-state index contributed by atoms with van der Waals surface area (Å²) in [6, 6.07) is 1.38. The minimum absolute atomic E-state index is 0.0411. The van der Waals surface area contributed by atoms with E-state index in [1.165, 1.54) is 19.4 Å². The molecule has 0 amide bonds. The Hall–Kier alpha value is -2.22. The van der Waals surface area contributed by atoms with Crippen LogP contribution in [0.4, 0.5) is 17.6 Å². The molecule has 1 aliphatic rings. The Morgan fingerprint density at radius 2 is 2.13 bits per heavy atom. The van der Waals surface area contributed by atoms with Gasteiger partial charge in [-0.1, -0.05) is 5.11 Å². The van der Waals surface area contributed by atoms with Crippen molar-refractivity contribution in [3.63, 3.8) is 0 Å². The zero-order chi connectivity index (χ0) is 22.9. The summed E-state index contributed by atoms with van der Waals surface area (Å²) >= 11 is 2.88. The van der Waals surface area contributed by atoms with Crippen molar-refractivity contribution >= 4 is 15.9 Å². The Kier molecular flexibility index (Phi) is 6.88. The number of aromatic nitrogens is 2. The molecule has 0 saturated carbocycles. The minimum atomic E-state index is -4.90. The van der Waals surface area contributed by atoms with Crippen molar-refractivity contribution < 1.29 is 37.2 Å². The number of nitrogens with zero attached hydrogens (tertiary/aromatic N) is 5. The van der Waals surface area contributed by atoms with Crippen molar-refractivity contribution in [2.45, 2.75) is 36.6 Å². The van der Waals surface area contributed by atoms with Crippen LogP contribution in [0.2, 0.25) is 0 Å². The molecule has 31 heavy (non-hydrogen) atoms. The molecule has 1 aliphatic heterocycles. The second-order valence-electron chi connectivity index (χ2n) is 6.61. The van der Waals surface area contributed by atoms with Crippen LogP contribution in [0.3, 0.4) is 0 Å². The zero-order valence-electron chi connectivity index (χ0n) is 15.7. The topological polar surface area (TPSA) is 126 Å². The monoisotopic (exact) mass is 509 g/mol. The van der Waals surface area contributed by atoms with E-state index in [4.69, 9.17) is 15.0 Å². The number of rotatable bonds is 5. The Labute approximate surface area is 180 Å². The van der Waals surface area contributed by atoms with E-state index in [-0.39, 0.29) is 10.2 Å². The lowest BCUT2D eigenvalue weighted by atomic mass is 9.91. The number of azide groups is 1. The van der Waals surface area contributed by atoms with E-state index in [0.29, 0.717) is 6.07 Å². The smallest absolute Gasteiger partial charge is 0.394 e. The van der Waals surface area contributed by atoms with Gasteiger partial charge in [-0.15, -0.1) is 0 Å². The SMILES string of the molecule is COC1[C@@H](N=[N+]=[N-])[C@@H](O)C(CO)O[C@H]1c1ccnn1-c1cc(Br)c(F)cc1C(F)(F)F. The van der Waals surface area contributed by atoms with Crippen LogP contribution in [0.25, 0.3) is 16.1 Å². The van der Waals surface area contributed by atoms with Crippen LogP contribution >= 0.6 is 15.9 Å². The molecule has 5 atom stereocenters. The predicted octanol–water partition coefficient (Wildman–Crippen LogP) is 3.28. The molecule has 0 aliphatic carbocycles. The summed E-state index contributed by atoms with van der Waals surface area (Å²) in [4.78, 5) is 2.67. The van der Waals surface area contributed by atoms with Crippen LogP contribution in [-0.2, 0) is 15.7 Å². The molecule has 1 aromatic heterocycles. The van der Waals surface area contributed by atoms with E-state index in [1.807, 2.05) is 0 Å². The molecular formula is C17H16BrF4N5O4. The maximum Gasteiger partial charge on any atom is 0.418 e. The van der Waals surface area contributed by atoms with Gasteiger partial charge in [0.25, 0.3) is 0 Å². The number of hydrogen-bond acceptors (Lipinski definition) is 6. The number of alkyl halides is 3. The fourth-order valence-electron chi connectivity index (χ4n) is 3.45. The van der Waals surface area contributed by atoms with Crippen LogP contribution in [0, 0.1) is 5.82 Å². The molecule has 0 radical (unpaired) electrons. The van der Waals surface area contributed by atoms with Crippen LogP contribution < -0.4 is 0 Å². The van der Waals surface area contributed by atoms with E-state index >= 15 is 0 Å². The maximum absolute atomic E-state index is 13.9. The Morgan fingerprint density at radius 3 is 2.71 bits per heavy atom. The molecule has 2 N–H and O–H groups in total. The van der Waals surface area contributed by atoms with Crippen LogP contribution in [0.5, 0.6) is 0 Å². The van der Waals surface area contributed by atoms with Crippen molar-refractivity contribution in [3.05, 3.63) is 56.4 Å². The Balaban J connectivity index is 2.17. The van der Waals surface area contributed by atoms with Gasteiger partial charge in [0, 0.05) is 18.2 Å². The number of methoxy groups -OCH3 is 1. The number of hydrogen-bond donors (Lipinski definition) is 2. The predicted molar refractivity (Wildman–Crippen MR) is 101 cm³/mol. The van der Waals surface area contributed by atoms with Gasteiger partial charge in [-0.05, 0) is 39.7 Å². The standard InChI is InChI=1S/C17H16BrF4N5O4/c1-30-16-13(25-26-23)14(29)12(6-28)31-15(16)10-2-3-24-27(10)11-5-8(18)9(19)4-7(11)17(20,21)22/h2-5,12-16,28-29H,6H2,1H3/t12?,13-,14-,15-,16?/m0/s1. The van der Waals surface area contributed by atoms with Crippen molar-refractivity contribution in [1.29, 1.82) is 0 Å². The number of halogens is 5. The van der Waals surface area contributed by atoms with E-state index in [0.717, 1.165) is 10.7 Å². The van der Waals surface area contributed by atoms with Crippen LogP contribution in [0.1, 0.15) is 17.4 Å². The molecule has 1 fully saturated rings. The first-order chi connectivity index (χ1) is 14.6. The summed E-state index contributed by atoms with van der Waals surface area (Å²) < 4.78 is 66.3. The highest BCUT2D eigenvalue weighted by Crippen LogP contribution is 2.40. The molecule has 0 bridgehead atoms. The minimum Gasteiger partial charge on any atom is -0.394 e. The highest BCUT2D eigenvalue weighted by molar-refractivity contribution is 9.10. The number of benzene rings is 1. The zero-order valence-corrected chi connectivity index (χ0v) is 17.3. The van der Waals surface area contributed by atoms with E-state index in [1.54, 1.807) is 0 Å². The summed E-state index contributed by atoms with van der Waals surface area (Å²) in [6.07, 6.45) is -8.65. The van der Waals surface area contributed by atoms with Gasteiger partial charge < -0.3 is 19.7 Å². The first-order valence-corrected chi connectivity index (χ1v) is 9.55. The average Bonchev–Trinajstić information content (AvgIpc) is 3.19. The molecule has 1 aromatic carbocycles. The van der Waals surface area contributed by atoms with Gasteiger partial charge in [0.05, 0.1) is 40.2 Å². The van der Waals surface area contributed by atoms with Gasteiger partial charge in [-0.25, -0.2) is 9.07 Å². The third-order valence-corrected chi connectivity index (χ3v) is 5.47. The number of ether oxygens (including phenoxy) is 2. The fourth-order valence-corrected chi connectivity index (χ4v) is 3.79. The lowest BCUT2D eigenvalue weighted by molar-refractivity contribution is -0.199. The van der Waals surface area contributed by atoms with Crippen molar-refractivity contribution in [1.82, 2.24) is 9.78 Å². The van der Waals surface area contributed by atoms with Crippen LogP contribution in [0.15, 0.2) is 34.0 Å². The summed E-state index contributed by atoms with van der Waals surface area (Å²) in [6.45, 7) is -0.657. The van der Waals surface area contributed by atoms with Gasteiger partial charge in [-0.3, -0.25) is 0 Å². The number of aliphatic hydroxyl groups is 2. The van der Waals surface area contributed by atoms with Crippen molar-refractivity contribution in [2.24, 2.45) is 5.11 Å². The third kappa shape index (κ3) is 4.40. The molecule has 0 spiro atoms. The molecule has 168 valence electrons. The second-order valence-corrected chi connectivity index (χ2v) is 7.47. The van der Waals surface area contributed by atoms with Crippen molar-refractivity contribution in [3.8, 4) is 5.69 Å². The van der Waals surface area contributed by atoms with Gasteiger partial charge in [0.15, 0.2) is 0 Å². The summed E-state index contributed by atoms with van der Waals surface area (Å²) in [7, 11) is 1.24. The molecule has 14 heteroatoms. The normalized spacial score (nSPS) is 26.5. The van der Waals surface area contributed by atoms with Gasteiger partial charge in [-0.2, -0.15) is 18.3 Å². The van der Waals surface area contributed by atoms with Gasteiger partial charge >= 0.3 is 6.18 Å². The highest BCUT2D eigenvalue weighted by atomic mass is 79.9. The summed E-state index contributed by atoms with van der Waals surface area (Å²) in [5.74, 6) is -1.11. The summed E-state index contributed by atoms with van der Waals surface area (Å²) in [5, 5.41) is 27.3. The average molecular weight is 510 g/mol. The van der Waals surface area contributed by atoms with E-state index in [2.05, 4.69) is 31.1 Å². The Morgan fingerprint density at radius 1 is 1.42 bits per heavy atom.